The molecule has 1 atom stereocenters. The maximum Gasteiger partial charge on any atom is 0.338 e. The number of benzene rings is 2. The highest BCUT2D eigenvalue weighted by atomic mass is 16.5. The largest absolute Gasteiger partial charge is 0.457 e. The van der Waals surface area contributed by atoms with Crippen molar-refractivity contribution in [3.8, 4) is 12.3 Å². The monoisotopic (exact) mass is 280 g/mol. The summed E-state index contributed by atoms with van der Waals surface area (Å²) in [5.74, 6) is 2.05. The Bertz CT molecular complexity index is 641. The van der Waals surface area contributed by atoms with Crippen LogP contribution in [0.5, 0.6) is 0 Å². The van der Waals surface area contributed by atoms with E-state index in [1.165, 1.54) is 0 Å². The Kier molecular flexibility index (Phi) is 5.14. The smallest absolute Gasteiger partial charge is 0.338 e. The summed E-state index contributed by atoms with van der Waals surface area (Å²) in [5.41, 5.74) is 2.05. The van der Waals surface area contributed by atoms with Gasteiger partial charge in [-0.1, -0.05) is 36.4 Å². The van der Waals surface area contributed by atoms with Crippen LogP contribution in [0.2, 0.25) is 0 Å². The topological polar surface area (TPSA) is 46.5 Å². The first-order valence-electron chi connectivity index (χ1n) is 6.63. The summed E-state index contributed by atoms with van der Waals surface area (Å²) in [6, 6.07) is 16.1. The molecule has 0 saturated heterocycles. The number of ether oxygens (including phenoxy) is 1. The van der Waals surface area contributed by atoms with Crippen molar-refractivity contribution >= 4 is 5.97 Å². The Labute approximate surface area is 124 Å². The highest BCUT2D eigenvalue weighted by molar-refractivity contribution is 5.89. The summed E-state index contributed by atoms with van der Waals surface area (Å²) in [4.78, 5) is 11.8. The number of esters is 1. The average molecular weight is 280 g/mol. The maximum atomic E-state index is 11.8. The molecule has 2 aromatic carbocycles. The molecule has 0 aliphatic heterocycles. The first kappa shape index (κ1) is 14.8. The van der Waals surface area contributed by atoms with E-state index in [9.17, 15) is 9.90 Å². The third-order valence-electron chi connectivity index (χ3n) is 3.03. The van der Waals surface area contributed by atoms with Crippen LogP contribution in [-0.2, 0) is 11.3 Å². The molecule has 0 amide bonds. The highest BCUT2D eigenvalue weighted by Crippen LogP contribution is 2.18. The standard InChI is InChI=1S/C18H16O3/c1-2-7-17(19)16-11-6-8-14(12-16)13-21-18(20)15-9-4-3-5-10-15/h1,3-6,8-12,17,19H,7,13H2/t17-/m0/s1. The molecule has 0 aliphatic carbocycles. The van der Waals surface area contributed by atoms with Crippen LogP contribution in [0.15, 0.2) is 54.6 Å². The summed E-state index contributed by atoms with van der Waals surface area (Å²) < 4.78 is 5.25. The van der Waals surface area contributed by atoms with E-state index in [1.54, 1.807) is 42.5 Å². The fraction of sp³-hybridized carbons (Fsp3) is 0.167. The van der Waals surface area contributed by atoms with Crippen LogP contribution in [0.4, 0.5) is 0 Å². The molecular weight excluding hydrogens is 264 g/mol. The number of carbonyl (C=O) groups excluding carboxylic acids is 1. The number of hydrogen-bond acceptors (Lipinski definition) is 3. The summed E-state index contributed by atoms with van der Waals surface area (Å²) in [5, 5.41) is 9.85. The van der Waals surface area contributed by atoms with Gasteiger partial charge in [0.15, 0.2) is 0 Å². The fourth-order valence-electron chi connectivity index (χ4n) is 1.93. The van der Waals surface area contributed by atoms with Gasteiger partial charge in [0.25, 0.3) is 0 Å². The lowest BCUT2D eigenvalue weighted by atomic mass is 10.0. The van der Waals surface area contributed by atoms with Gasteiger partial charge in [0.05, 0.1) is 11.7 Å². The first-order valence-corrected chi connectivity index (χ1v) is 6.63. The van der Waals surface area contributed by atoms with E-state index in [-0.39, 0.29) is 19.0 Å². The molecule has 0 aliphatic rings. The molecule has 106 valence electrons. The Hall–Kier alpha value is -2.57. The van der Waals surface area contributed by atoms with Gasteiger partial charge in [-0.15, -0.1) is 12.3 Å². The van der Waals surface area contributed by atoms with Crippen molar-refractivity contribution in [1.82, 2.24) is 0 Å². The Balaban J connectivity index is 1.99. The van der Waals surface area contributed by atoms with Crippen LogP contribution < -0.4 is 0 Å². The van der Waals surface area contributed by atoms with Crippen molar-refractivity contribution in [3.63, 3.8) is 0 Å². The minimum absolute atomic E-state index is 0.157. The van der Waals surface area contributed by atoms with Gasteiger partial charge >= 0.3 is 5.97 Å². The molecule has 0 aromatic heterocycles. The molecule has 21 heavy (non-hydrogen) atoms. The second-order valence-corrected chi connectivity index (χ2v) is 4.61. The Morgan fingerprint density at radius 3 is 2.67 bits per heavy atom. The van der Waals surface area contributed by atoms with Gasteiger partial charge in [-0.2, -0.15) is 0 Å². The van der Waals surface area contributed by atoms with E-state index >= 15 is 0 Å². The predicted molar refractivity (Wildman–Crippen MR) is 80.4 cm³/mol. The SMILES string of the molecule is C#CC[C@H](O)c1cccc(COC(=O)c2ccccc2)c1. The molecule has 0 unspecified atom stereocenters. The minimum Gasteiger partial charge on any atom is -0.457 e. The van der Waals surface area contributed by atoms with Crippen molar-refractivity contribution in [1.29, 1.82) is 0 Å². The van der Waals surface area contributed by atoms with Gasteiger partial charge in [-0.05, 0) is 29.3 Å². The van der Waals surface area contributed by atoms with Gasteiger partial charge < -0.3 is 9.84 Å². The lowest BCUT2D eigenvalue weighted by Crippen LogP contribution is -2.05. The molecule has 0 radical (unpaired) electrons. The normalized spacial score (nSPS) is 11.4. The third kappa shape index (κ3) is 4.20. The molecular formula is C18H16O3. The van der Waals surface area contributed by atoms with E-state index in [1.807, 2.05) is 12.1 Å². The number of aliphatic hydroxyl groups excluding tert-OH is 1. The second-order valence-electron chi connectivity index (χ2n) is 4.61. The van der Waals surface area contributed by atoms with E-state index in [0.717, 1.165) is 11.1 Å². The van der Waals surface area contributed by atoms with Gasteiger partial charge in [0, 0.05) is 6.42 Å². The Morgan fingerprint density at radius 2 is 1.95 bits per heavy atom. The molecule has 3 heteroatoms. The molecule has 0 bridgehead atoms. The van der Waals surface area contributed by atoms with Gasteiger partial charge in [0.1, 0.15) is 6.61 Å². The van der Waals surface area contributed by atoms with Crippen LogP contribution in [0, 0.1) is 12.3 Å². The number of terminal acetylenes is 1. The third-order valence-corrected chi connectivity index (χ3v) is 3.03. The van der Waals surface area contributed by atoms with Crippen LogP contribution in [0.3, 0.4) is 0 Å². The van der Waals surface area contributed by atoms with Crippen molar-refractivity contribution in [2.75, 3.05) is 0 Å². The summed E-state index contributed by atoms with van der Waals surface area (Å²) in [6.45, 7) is 0.157. The first-order chi connectivity index (χ1) is 10.2. The lowest BCUT2D eigenvalue weighted by molar-refractivity contribution is 0.0472. The number of hydrogen-bond donors (Lipinski definition) is 1. The van der Waals surface area contributed by atoms with Crippen molar-refractivity contribution < 1.29 is 14.6 Å². The second kappa shape index (κ2) is 7.28. The summed E-state index contributed by atoms with van der Waals surface area (Å²) in [6.07, 6.45) is 4.75. The van der Waals surface area contributed by atoms with Crippen LogP contribution >= 0.6 is 0 Å². The zero-order chi connectivity index (χ0) is 15.1. The Morgan fingerprint density at radius 1 is 1.19 bits per heavy atom. The minimum atomic E-state index is -0.695. The van der Waals surface area contributed by atoms with E-state index in [2.05, 4.69) is 5.92 Å². The van der Waals surface area contributed by atoms with Gasteiger partial charge in [-0.3, -0.25) is 0 Å². The molecule has 2 rings (SSSR count). The predicted octanol–water partition coefficient (Wildman–Crippen LogP) is 3.10. The zero-order valence-corrected chi connectivity index (χ0v) is 11.5. The summed E-state index contributed by atoms with van der Waals surface area (Å²) >= 11 is 0. The summed E-state index contributed by atoms with van der Waals surface area (Å²) in [7, 11) is 0. The van der Waals surface area contributed by atoms with E-state index in [4.69, 9.17) is 11.2 Å². The number of rotatable bonds is 5. The molecule has 0 spiro atoms. The average Bonchev–Trinajstić information content (AvgIpc) is 2.54. The van der Waals surface area contributed by atoms with Crippen LogP contribution in [0.25, 0.3) is 0 Å². The maximum absolute atomic E-state index is 11.8. The van der Waals surface area contributed by atoms with Crippen molar-refractivity contribution in [2.24, 2.45) is 0 Å². The zero-order valence-electron chi connectivity index (χ0n) is 11.5. The van der Waals surface area contributed by atoms with Crippen LogP contribution in [0.1, 0.15) is 34.0 Å². The molecule has 2 aromatic rings. The van der Waals surface area contributed by atoms with Crippen molar-refractivity contribution in [3.05, 3.63) is 71.3 Å². The van der Waals surface area contributed by atoms with Crippen LogP contribution in [-0.4, -0.2) is 11.1 Å². The molecule has 0 heterocycles. The lowest BCUT2D eigenvalue weighted by Gasteiger charge is -2.10. The number of carbonyl (C=O) groups is 1. The molecule has 0 saturated carbocycles. The fourth-order valence-corrected chi connectivity index (χ4v) is 1.93. The van der Waals surface area contributed by atoms with E-state index < -0.39 is 6.10 Å². The van der Waals surface area contributed by atoms with Crippen molar-refractivity contribution in [2.45, 2.75) is 19.1 Å². The quantitative estimate of drug-likeness (QED) is 0.676. The van der Waals surface area contributed by atoms with Gasteiger partial charge in [-0.25, -0.2) is 4.79 Å². The number of aliphatic hydroxyl groups is 1. The molecule has 0 fully saturated rings. The van der Waals surface area contributed by atoms with E-state index in [0.29, 0.717) is 5.56 Å². The molecule has 1 N–H and O–H groups in total. The van der Waals surface area contributed by atoms with Gasteiger partial charge in [0.2, 0.25) is 0 Å². The highest BCUT2D eigenvalue weighted by Gasteiger charge is 2.09. The molecule has 3 nitrogen and oxygen atoms in total.